The van der Waals surface area contributed by atoms with Crippen molar-refractivity contribution in [1.82, 2.24) is 0 Å². The Bertz CT molecular complexity index is 947. The summed E-state index contributed by atoms with van der Waals surface area (Å²) in [5.41, 5.74) is 0. The topological polar surface area (TPSA) is 38.7 Å². The number of aromatic hydroxyl groups is 1. The molecule has 0 saturated heterocycles. The van der Waals surface area contributed by atoms with E-state index in [1.54, 1.807) is 12.1 Å². The van der Waals surface area contributed by atoms with Gasteiger partial charge in [-0.25, -0.2) is 0 Å². The standard InChI is InChI=1S/C16H14Cl2I2O2.C6H4ClIO/c17-11-3-5-13(19)15(9-11)21-7-1-2-8-22-16-10-12(18)4-6-14(16)20;7-4-1-2-5(8)6(9)3-4/h3-6,9-10H,1-2,7-8H2;1-3,9H. The van der Waals surface area contributed by atoms with Crippen molar-refractivity contribution < 1.29 is 14.6 Å². The van der Waals surface area contributed by atoms with E-state index in [0.717, 1.165) is 35.1 Å². The Labute approximate surface area is 238 Å². The summed E-state index contributed by atoms with van der Waals surface area (Å²) in [5.74, 6) is 1.90. The molecule has 0 radical (unpaired) electrons. The highest BCUT2D eigenvalue weighted by molar-refractivity contribution is 14.1. The molecule has 3 rings (SSSR count). The summed E-state index contributed by atoms with van der Waals surface area (Å²) in [6.45, 7) is 1.29. The number of ether oxygens (including phenoxy) is 2. The highest BCUT2D eigenvalue weighted by Gasteiger charge is 2.04. The SMILES string of the molecule is Clc1ccc(I)c(OCCCCOc2cc(Cl)ccc2I)c1.Oc1cc(Cl)ccc1I. The number of hydrogen-bond donors (Lipinski definition) is 1. The van der Waals surface area contributed by atoms with Crippen LogP contribution in [0.1, 0.15) is 12.8 Å². The molecule has 0 aliphatic carbocycles. The average Bonchev–Trinajstić information content (AvgIpc) is 2.73. The maximum Gasteiger partial charge on any atom is 0.134 e. The molecule has 0 aliphatic heterocycles. The third-order valence-corrected chi connectivity index (χ3v) is 7.15. The van der Waals surface area contributed by atoms with Crippen LogP contribution >= 0.6 is 103 Å². The second-order valence-electron chi connectivity index (χ2n) is 6.15. The zero-order valence-corrected chi connectivity index (χ0v) is 24.8. The molecule has 9 heteroatoms. The van der Waals surface area contributed by atoms with Crippen LogP contribution in [0.25, 0.3) is 0 Å². The highest BCUT2D eigenvalue weighted by atomic mass is 127. The van der Waals surface area contributed by atoms with Gasteiger partial charge in [0, 0.05) is 15.1 Å². The maximum atomic E-state index is 9.01. The average molecular weight is 817 g/mol. The largest absolute Gasteiger partial charge is 0.507 e. The molecule has 0 aromatic heterocycles. The molecule has 31 heavy (non-hydrogen) atoms. The first kappa shape index (κ1) is 27.4. The summed E-state index contributed by atoms with van der Waals surface area (Å²) < 4.78 is 14.4. The Morgan fingerprint density at radius 1 is 0.613 bits per heavy atom. The van der Waals surface area contributed by atoms with Gasteiger partial charge in [-0.1, -0.05) is 34.8 Å². The van der Waals surface area contributed by atoms with Crippen LogP contribution in [0.3, 0.4) is 0 Å². The molecule has 0 fully saturated rings. The predicted molar refractivity (Wildman–Crippen MR) is 154 cm³/mol. The van der Waals surface area contributed by atoms with Gasteiger partial charge in [-0.3, -0.25) is 0 Å². The van der Waals surface area contributed by atoms with Gasteiger partial charge in [0.15, 0.2) is 0 Å². The van der Waals surface area contributed by atoms with E-state index in [0.29, 0.717) is 28.3 Å². The van der Waals surface area contributed by atoms with E-state index in [4.69, 9.17) is 49.4 Å². The molecule has 3 aromatic carbocycles. The molecule has 0 atom stereocenters. The third-order valence-electron chi connectivity index (χ3n) is 3.75. The molecule has 0 unspecified atom stereocenters. The summed E-state index contributed by atoms with van der Waals surface area (Å²) in [6, 6.07) is 16.3. The fourth-order valence-electron chi connectivity index (χ4n) is 2.23. The van der Waals surface area contributed by atoms with E-state index in [2.05, 4.69) is 45.2 Å². The predicted octanol–water partition coefficient (Wildman–Crippen LogP) is 9.09. The molecule has 0 amide bonds. The fourth-order valence-corrected chi connectivity index (χ4v) is 4.04. The molecule has 3 aromatic rings. The first-order valence-electron chi connectivity index (χ1n) is 9.06. The number of halogens is 6. The van der Waals surface area contributed by atoms with Gasteiger partial charge in [0.1, 0.15) is 17.2 Å². The van der Waals surface area contributed by atoms with Gasteiger partial charge in [0.2, 0.25) is 0 Å². The number of hydrogen-bond acceptors (Lipinski definition) is 3. The van der Waals surface area contributed by atoms with Crippen molar-refractivity contribution in [3.63, 3.8) is 0 Å². The van der Waals surface area contributed by atoms with Crippen molar-refractivity contribution in [2.75, 3.05) is 13.2 Å². The zero-order valence-electron chi connectivity index (χ0n) is 16.1. The van der Waals surface area contributed by atoms with Crippen LogP contribution in [0.5, 0.6) is 17.2 Å². The van der Waals surface area contributed by atoms with E-state index in [1.165, 1.54) is 6.07 Å². The van der Waals surface area contributed by atoms with Crippen LogP contribution in [0.2, 0.25) is 15.1 Å². The first-order valence-corrected chi connectivity index (χ1v) is 13.4. The minimum absolute atomic E-state index is 0.239. The number of phenolic OH excluding ortho intramolecular Hbond substituents is 1. The smallest absolute Gasteiger partial charge is 0.134 e. The lowest BCUT2D eigenvalue weighted by molar-refractivity contribution is 0.264. The van der Waals surface area contributed by atoms with Crippen LogP contribution < -0.4 is 9.47 Å². The van der Waals surface area contributed by atoms with Crippen molar-refractivity contribution in [1.29, 1.82) is 0 Å². The second kappa shape index (κ2) is 14.4. The lowest BCUT2D eigenvalue weighted by Gasteiger charge is -2.10. The van der Waals surface area contributed by atoms with E-state index >= 15 is 0 Å². The number of benzene rings is 3. The highest BCUT2D eigenvalue weighted by Crippen LogP contribution is 2.26. The molecular weight excluding hydrogens is 799 g/mol. The van der Waals surface area contributed by atoms with Gasteiger partial charge in [-0.15, -0.1) is 0 Å². The Balaban J connectivity index is 0.000000316. The first-order chi connectivity index (χ1) is 14.8. The normalized spacial score (nSPS) is 10.3. The molecule has 166 valence electrons. The summed E-state index contributed by atoms with van der Waals surface area (Å²) in [4.78, 5) is 0. The van der Waals surface area contributed by atoms with Crippen molar-refractivity contribution >= 4 is 103 Å². The van der Waals surface area contributed by atoms with Crippen LogP contribution in [-0.4, -0.2) is 18.3 Å². The molecule has 0 saturated carbocycles. The molecule has 0 spiro atoms. The minimum Gasteiger partial charge on any atom is -0.507 e. The third kappa shape index (κ3) is 10.3. The van der Waals surface area contributed by atoms with Crippen molar-refractivity contribution in [3.8, 4) is 17.2 Å². The fraction of sp³-hybridized carbons (Fsp3) is 0.182. The zero-order chi connectivity index (χ0) is 22.8. The lowest BCUT2D eigenvalue weighted by atomic mass is 10.3. The van der Waals surface area contributed by atoms with Gasteiger partial charge in [-0.05, 0) is 135 Å². The van der Waals surface area contributed by atoms with Crippen molar-refractivity contribution in [2.24, 2.45) is 0 Å². The van der Waals surface area contributed by atoms with Crippen molar-refractivity contribution in [3.05, 3.63) is 80.4 Å². The maximum absolute atomic E-state index is 9.01. The van der Waals surface area contributed by atoms with E-state index in [1.807, 2.05) is 59.0 Å². The number of unbranched alkanes of at least 4 members (excludes halogenated alkanes) is 1. The molecular formula is C22H18Cl3I3O3. The van der Waals surface area contributed by atoms with Gasteiger partial charge in [0.05, 0.1) is 23.9 Å². The summed E-state index contributed by atoms with van der Waals surface area (Å²) in [7, 11) is 0. The van der Waals surface area contributed by atoms with E-state index in [-0.39, 0.29) is 5.75 Å². The van der Waals surface area contributed by atoms with Crippen LogP contribution in [-0.2, 0) is 0 Å². The molecule has 1 N–H and O–H groups in total. The Morgan fingerprint density at radius 3 is 1.39 bits per heavy atom. The quantitative estimate of drug-likeness (QED) is 0.191. The second-order valence-corrected chi connectivity index (χ2v) is 10.9. The Hall–Kier alpha value is 0.120. The van der Waals surface area contributed by atoms with Crippen molar-refractivity contribution in [2.45, 2.75) is 12.8 Å². The summed E-state index contributed by atoms with van der Waals surface area (Å²) in [6.07, 6.45) is 1.83. The molecule has 0 bridgehead atoms. The van der Waals surface area contributed by atoms with Crippen LogP contribution in [0.4, 0.5) is 0 Å². The number of phenols is 1. The van der Waals surface area contributed by atoms with Crippen LogP contribution in [0, 0.1) is 10.7 Å². The van der Waals surface area contributed by atoms with Crippen LogP contribution in [0.15, 0.2) is 54.6 Å². The van der Waals surface area contributed by atoms with Gasteiger partial charge >= 0.3 is 0 Å². The monoisotopic (exact) mass is 816 g/mol. The Kier molecular flexibility index (Phi) is 12.7. The van der Waals surface area contributed by atoms with Gasteiger partial charge < -0.3 is 14.6 Å². The molecule has 3 nitrogen and oxygen atoms in total. The summed E-state index contributed by atoms with van der Waals surface area (Å²) >= 11 is 24.0. The Morgan fingerprint density at radius 2 is 1.00 bits per heavy atom. The van der Waals surface area contributed by atoms with Gasteiger partial charge in [0.25, 0.3) is 0 Å². The minimum atomic E-state index is 0.239. The number of rotatable bonds is 7. The lowest BCUT2D eigenvalue weighted by Crippen LogP contribution is -2.04. The van der Waals surface area contributed by atoms with E-state index < -0.39 is 0 Å². The molecule has 0 aliphatic rings. The van der Waals surface area contributed by atoms with E-state index in [9.17, 15) is 0 Å². The summed E-state index contributed by atoms with van der Waals surface area (Å²) in [5, 5.41) is 10.9. The molecule has 0 heterocycles. The van der Waals surface area contributed by atoms with Gasteiger partial charge in [-0.2, -0.15) is 0 Å².